The van der Waals surface area contributed by atoms with Crippen LogP contribution in [0.4, 0.5) is 5.82 Å². The van der Waals surface area contributed by atoms with Crippen molar-refractivity contribution in [2.24, 2.45) is 5.92 Å². The molecule has 1 aliphatic rings. The van der Waals surface area contributed by atoms with E-state index in [4.69, 9.17) is 10.8 Å². The Bertz CT molecular complexity index is 542. The number of nitrogen functional groups attached to an aromatic ring is 1. The summed E-state index contributed by atoms with van der Waals surface area (Å²) in [6.45, 7) is 0.243. The molecule has 2 aromatic rings. The van der Waals surface area contributed by atoms with E-state index in [1.165, 1.54) is 6.33 Å². The summed E-state index contributed by atoms with van der Waals surface area (Å²) in [7, 11) is 0. The van der Waals surface area contributed by atoms with E-state index in [9.17, 15) is 0 Å². The van der Waals surface area contributed by atoms with Crippen LogP contribution in [0, 0.1) is 5.92 Å². The highest BCUT2D eigenvalue weighted by Gasteiger charge is 2.27. The van der Waals surface area contributed by atoms with Gasteiger partial charge in [0.25, 0.3) is 0 Å². The van der Waals surface area contributed by atoms with E-state index >= 15 is 0 Å². The number of rotatable bonds is 2. The first-order chi connectivity index (χ1) is 8.29. The quantitative estimate of drug-likeness (QED) is 0.814. The van der Waals surface area contributed by atoms with Gasteiger partial charge in [0, 0.05) is 12.4 Å². The molecule has 2 atom stereocenters. The van der Waals surface area contributed by atoms with Gasteiger partial charge < -0.3 is 15.4 Å². The fraction of sp³-hybridized carbons (Fsp3) is 0.500. The van der Waals surface area contributed by atoms with E-state index in [-0.39, 0.29) is 12.0 Å². The number of aliphatic hydroxyl groups is 1. The third kappa shape index (κ3) is 1.75. The van der Waals surface area contributed by atoms with Gasteiger partial charge in [-0.1, -0.05) is 0 Å². The second-order valence-electron chi connectivity index (χ2n) is 4.16. The lowest BCUT2D eigenvalue weighted by Crippen LogP contribution is -2.07. The van der Waals surface area contributed by atoms with E-state index in [0.717, 1.165) is 17.8 Å². The third-order valence-corrected chi connectivity index (χ3v) is 4.48. The van der Waals surface area contributed by atoms with E-state index in [1.54, 1.807) is 6.33 Å². The molecule has 7 heteroatoms. The predicted octanol–water partition coefficient (Wildman–Crippen LogP) is 0.652. The fourth-order valence-corrected chi connectivity index (χ4v) is 3.53. The third-order valence-electron chi connectivity index (χ3n) is 3.01. The normalized spacial score (nSPS) is 24.5. The van der Waals surface area contributed by atoms with Gasteiger partial charge in [0.15, 0.2) is 11.5 Å². The molecule has 0 saturated carbocycles. The van der Waals surface area contributed by atoms with Crippen LogP contribution in [-0.4, -0.2) is 37.0 Å². The molecule has 1 fully saturated rings. The molecule has 0 spiro atoms. The number of nitrogens with zero attached hydrogens (tertiary/aromatic N) is 4. The average Bonchev–Trinajstić information content (AvgIpc) is 2.94. The Morgan fingerprint density at radius 2 is 2.35 bits per heavy atom. The number of aliphatic hydroxyl groups excluding tert-OH is 1. The van der Waals surface area contributed by atoms with Crippen LogP contribution in [0.5, 0.6) is 0 Å². The van der Waals surface area contributed by atoms with Crippen molar-refractivity contribution in [2.75, 3.05) is 18.1 Å². The predicted molar refractivity (Wildman–Crippen MR) is 66.4 cm³/mol. The summed E-state index contributed by atoms with van der Waals surface area (Å²) in [4.78, 5) is 12.4. The zero-order valence-electron chi connectivity index (χ0n) is 9.15. The van der Waals surface area contributed by atoms with Gasteiger partial charge in [0.05, 0.1) is 11.7 Å². The molecule has 0 aromatic carbocycles. The van der Waals surface area contributed by atoms with Gasteiger partial charge in [-0.15, -0.1) is 11.8 Å². The maximum Gasteiger partial charge on any atom is 0.166 e. The SMILES string of the molecule is Nc1ncnc2c1ncn2[C@H]1C[C@H](CO)CS1. The molecule has 6 nitrogen and oxygen atoms in total. The first-order valence-electron chi connectivity index (χ1n) is 5.45. The Morgan fingerprint density at radius 1 is 1.47 bits per heavy atom. The number of thioether (sulfide) groups is 1. The Morgan fingerprint density at radius 3 is 3.12 bits per heavy atom. The Balaban J connectivity index is 1.99. The van der Waals surface area contributed by atoms with Gasteiger partial charge in [-0.3, -0.25) is 0 Å². The minimum atomic E-state index is 0.243. The molecule has 0 amide bonds. The van der Waals surface area contributed by atoms with Crippen molar-refractivity contribution < 1.29 is 5.11 Å². The van der Waals surface area contributed by atoms with E-state index in [1.807, 2.05) is 16.3 Å². The van der Waals surface area contributed by atoms with Crippen LogP contribution in [0.3, 0.4) is 0 Å². The number of aromatic nitrogens is 4. The molecule has 0 unspecified atom stereocenters. The lowest BCUT2D eigenvalue weighted by molar-refractivity contribution is 0.233. The van der Waals surface area contributed by atoms with Crippen LogP contribution in [0.15, 0.2) is 12.7 Å². The summed E-state index contributed by atoms with van der Waals surface area (Å²) in [6.07, 6.45) is 4.16. The van der Waals surface area contributed by atoms with Crippen LogP contribution >= 0.6 is 11.8 Å². The summed E-state index contributed by atoms with van der Waals surface area (Å²) in [5.74, 6) is 1.75. The average molecular weight is 251 g/mol. The minimum absolute atomic E-state index is 0.243. The van der Waals surface area contributed by atoms with Crippen LogP contribution in [0.1, 0.15) is 11.8 Å². The second-order valence-corrected chi connectivity index (χ2v) is 5.37. The maximum atomic E-state index is 9.15. The minimum Gasteiger partial charge on any atom is -0.396 e. The lowest BCUT2D eigenvalue weighted by atomic mass is 10.1. The molecule has 2 aromatic heterocycles. The van der Waals surface area contributed by atoms with Gasteiger partial charge >= 0.3 is 0 Å². The number of nitrogens with two attached hydrogens (primary N) is 1. The summed E-state index contributed by atoms with van der Waals surface area (Å²) >= 11 is 1.82. The zero-order chi connectivity index (χ0) is 11.8. The van der Waals surface area contributed by atoms with Crippen LogP contribution in [0.2, 0.25) is 0 Å². The van der Waals surface area contributed by atoms with E-state index < -0.39 is 0 Å². The molecular formula is C10H13N5OS. The molecule has 1 saturated heterocycles. The van der Waals surface area contributed by atoms with Crippen molar-refractivity contribution in [2.45, 2.75) is 11.8 Å². The number of fused-ring (bicyclic) bond motifs is 1. The van der Waals surface area contributed by atoms with E-state index in [2.05, 4.69) is 15.0 Å². The van der Waals surface area contributed by atoms with Crippen LogP contribution < -0.4 is 5.73 Å². The lowest BCUT2D eigenvalue weighted by Gasteiger charge is -2.11. The Hall–Kier alpha value is -1.34. The van der Waals surface area contributed by atoms with Crippen molar-refractivity contribution in [3.05, 3.63) is 12.7 Å². The molecule has 3 heterocycles. The molecule has 0 bridgehead atoms. The molecule has 0 aliphatic carbocycles. The number of imidazole rings is 1. The van der Waals surface area contributed by atoms with E-state index in [0.29, 0.717) is 17.3 Å². The largest absolute Gasteiger partial charge is 0.396 e. The molecule has 1 aliphatic heterocycles. The van der Waals surface area contributed by atoms with Gasteiger partial charge in [0.1, 0.15) is 11.8 Å². The van der Waals surface area contributed by atoms with Crippen molar-refractivity contribution in [3.63, 3.8) is 0 Å². The zero-order valence-corrected chi connectivity index (χ0v) is 9.97. The summed E-state index contributed by atoms with van der Waals surface area (Å²) in [6, 6.07) is 0. The van der Waals surface area contributed by atoms with Crippen molar-refractivity contribution in [3.8, 4) is 0 Å². The summed E-state index contributed by atoms with van der Waals surface area (Å²) in [5.41, 5.74) is 7.17. The highest BCUT2D eigenvalue weighted by Crippen LogP contribution is 2.40. The Labute approximate surface area is 102 Å². The monoisotopic (exact) mass is 251 g/mol. The smallest absolute Gasteiger partial charge is 0.166 e. The van der Waals surface area contributed by atoms with Crippen LogP contribution in [-0.2, 0) is 0 Å². The van der Waals surface area contributed by atoms with Crippen molar-refractivity contribution >= 4 is 28.7 Å². The van der Waals surface area contributed by atoms with Crippen molar-refractivity contribution in [1.29, 1.82) is 0 Å². The van der Waals surface area contributed by atoms with Gasteiger partial charge in [0.2, 0.25) is 0 Å². The standard InChI is InChI=1S/C10H13N5OS/c11-9-8-10(13-4-12-9)15(5-14-8)7-1-6(2-16)3-17-7/h4-7,16H,1-3H2,(H2,11,12,13)/t6-,7-/m1/s1. The molecule has 17 heavy (non-hydrogen) atoms. The first kappa shape index (κ1) is 10.8. The number of hydrogen-bond donors (Lipinski definition) is 2. The highest BCUT2D eigenvalue weighted by atomic mass is 32.2. The van der Waals surface area contributed by atoms with Crippen LogP contribution in [0.25, 0.3) is 11.2 Å². The molecule has 3 rings (SSSR count). The van der Waals surface area contributed by atoms with Gasteiger partial charge in [-0.25, -0.2) is 15.0 Å². The summed E-state index contributed by atoms with van der Waals surface area (Å²) in [5, 5.41) is 9.44. The van der Waals surface area contributed by atoms with Gasteiger partial charge in [-0.05, 0) is 12.3 Å². The number of hydrogen-bond acceptors (Lipinski definition) is 6. The first-order valence-corrected chi connectivity index (χ1v) is 6.50. The molecular weight excluding hydrogens is 238 g/mol. The Kier molecular flexibility index (Phi) is 2.64. The molecule has 90 valence electrons. The second kappa shape index (κ2) is 4.15. The summed E-state index contributed by atoms with van der Waals surface area (Å²) < 4.78 is 2.02. The molecule has 0 radical (unpaired) electrons. The molecule has 3 N–H and O–H groups in total. The number of anilines is 1. The maximum absolute atomic E-state index is 9.15. The topological polar surface area (TPSA) is 89.9 Å². The van der Waals surface area contributed by atoms with Crippen molar-refractivity contribution in [1.82, 2.24) is 19.5 Å². The highest BCUT2D eigenvalue weighted by molar-refractivity contribution is 7.99. The van der Waals surface area contributed by atoms with Gasteiger partial charge in [-0.2, -0.15) is 0 Å². The fourth-order valence-electron chi connectivity index (χ4n) is 2.07.